The summed E-state index contributed by atoms with van der Waals surface area (Å²) < 4.78 is 0. The molecule has 0 saturated carbocycles. The predicted molar refractivity (Wildman–Crippen MR) is 85.7 cm³/mol. The molecule has 4 heteroatoms. The van der Waals surface area contributed by atoms with E-state index in [9.17, 15) is 9.59 Å². The highest BCUT2D eigenvalue weighted by atomic mass is 16.2. The van der Waals surface area contributed by atoms with Crippen LogP contribution in [0.2, 0.25) is 0 Å². The summed E-state index contributed by atoms with van der Waals surface area (Å²) in [5.74, 6) is 2.04. The van der Waals surface area contributed by atoms with Crippen molar-refractivity contribution in [3.63, 3.8) is 0 Å². The molecule has 1 heterocycles. The van der Waals surface area contributed by atoms with Gasteiger partial charge in [-0.25, -0.2) is 0 Å². The van der Waals surface area contributed by atoms with E-state index >= 15 is 0 Å². The van der Waals surface area contributed by atoms with Crippen molar-refractivity contribution in [3.05, 3.63) is 0 Å². The zero-order chi connectivity index (χ0) is 16.2. The molecule has 0 aromatic rings. The van der Waals surface area contributed by atoms with E-state index in [4.69, 9.17) is 0 Å². The van der Waals surface area contributed by atoms with Gasteiger partial charge < -0.3 is 10.2 Å². The third-order valence-electron chi connectivity index (χ3n) is 4.40. The van der Waals surface area contributed by atoms with Crippen molar-refractivity contribution in [1.82, 2.24) is 10.2 Å². The largest absolute Gasteiger partial charge is 0.344 e. The molecule has 0 aliphatic carbocycles. The van der Waals surface area contributed by atoms with Gasteiger partial charge in [0.15, 0.2) is 0 Å². The topological polar surface area (TPSA) is 49.4 Å². The first-order valence-electron chi connectivity index (χ1n) is 8.30. The molecule has 0 radical (unpaired) electrons. The third-order valence-corrected chi connectivity index (χ3v) is 4.40. The van der Waals surface area contributed by atoms with Crippen molar-refractivity contribution in [2.45, 2.75) is 60.4 Å². The second kappa shape index (κ2) is 7.81. The summed E-state index contributed by atoms with van der Waals surface area (Å²) in [5, 5.41) is 2.89. The molecule has 122 valence electrons. The molecule has 1 aliphatic heterocycles. The van der Waals surface area contributed by atoms with Crippen LogP contribution in [0.25, 0.3) is 0 Å². The minimum Gasteiger partial charge on any atom is -0.344 e. The molecule has 0 bridgehead atoms. The van der Waals surface area contributed by atoms with E-state index in [1.807, 2.05) is 4.90 Å². The molecule has 1 aliphatic rings. The first-order valence-corrected chi connectivity index (χ1v) is 8.30. The summed E-state index contributed by atoms with van der Waals surface area (Å²) in [7, 11) is 0. The Hall–Kier alpha value is -1.06. The Morgan fingerprint density at radius 3 is 2.14 bits per heavy atom. The minimum absolute atomic E-state index is 0.00199. The Bertz CT molecular complexity index is 356. The second-order valence-electron chi connectivity index (χ2n) is 7.44. The summed E-state index contributed by atoms with van der Waals surface area (Å²) in [5.41, 5.74) is 0. The first kappa shape index (κ1) is 18.0. The van der Waals surface area contributed by atoms with Gasteiger partial charge in [-0.05, 0) is 30.1 Å². The molecule has 1 saturated heterocycles. The number of amides is 2. The lowest BCUT2D eigenvalue weighted by Gasteiger charge is -2.32. The van der Waals surface area contributed by atoms with E-state index in [1.54, 1.807) is 0 Å². The Labute approximate surface area is 129 Å². The Morgan fingerprint density at radius 2 is 1.67 bits per heavy atom. The Morgan fingerprint density at radius 1 is 1.10 bits per heavy atom. The fourth-order valence-corrected chi connectivity index (χ4v) is 3.15. The van der Waals surface area contributed by atoms with Gasteiger partial charge in [0.1, 0.15) is 6.04 Å². The maximum absolute atomic E-state index is 12.7. The molecule has 1 N–H and O–H groups in total. The lowest BCUT2D eigenvalue weighted by molar-refractivity contribution is -0.134. The predicted octanol–water partition coefficient (Wildman–Crippen LogP) is 2.68. The summed E-state index contributed by atoms with van der Waals surface area (Å²) in [4.78, 5) is 26.5. The van der Waals surface area contributed by atoms with Crippen molar-refractivity contribution in [1.29, 1.82) is 0 Å². The molecule has 1 fully saturated rings. The molecular formula is C17H32N2O2. The van der Waals surface area contributed by atoms with Crippen LogP contribution in [0.5, 0.6) is 0 Å². The summed E-state index contributed by atoms with van der Waals surface area (Å²) in [6.45, 7) is 14.3. The minimum atomic E-state index is -0.347. The van der Waals surface area contributed by atoms with Gasteiger partial charge in [-0.2, -0.15) is 0 Å². The van der Waals surface area contributed by atoms with Crippen molar-refractivity contribution in [3.8, 4) is 0 Å². The fourth-order valence-electron chi connectivity index (χ4n) is 3.15. The van der Waals surface area contributed by atoms with Gasteiger partial charge in [-0.3, -0.25) is 9.59 Å². The van der Waals surface area contributed by atoms with Crippen LogP contribution in [0, 0.1) is 23.7 Å². The van der Waals surface area contributed by atoms with Crippen LogP contribution < -0.4 is 5.32 Å². The maximum atomic E-state index is 12.7. The fraction of sp³-hybridized carbons (Fsp3) is 0.882. The van der Waals surface area contributed by atoms with Crippen LogP contribution in [-0.4, -0.2) is 35.8 Å². The van der Waals surface area contributed by atoms with Gasteiger partial charge >= 0.3 is 0 Å². The lowest BCUT2D eigenvalue weighted by Crippen LogP contribution is -2.47. The van der Waals surface area contributed by atoms with Gasteiger partial charge in [0.2, 0.25) is 11.8 Å². The zero-order valence-electron chi connectivity index (χ0n) is 14.5. The molecule has 1 atom stereocenters. The van der Waals surface area contributed by atoms with Crippen molar-refractivity contribution in [2.24, 2.45) is 23.7 Å². The molecule has 1 unspecified atom stereocenters. The smallest absolute Gasteiger partial charge is 0.245 e. The average molecular weight is 296 g/mol. The third kappa shape index (κ3) is 5.33. The Kier molecular flexibility index (Phi) is 6.69. The quantitative estimate of drug-likeness (QED) is 0.819. The monoisotopic (exact) mass is 296 g/mol. The van der Waals surface area contributed by atoms with Gasteiger partial charge in [0.25, 0.3) is 0 Å². The number of hydrogen-bond acceptors (Lipinski definition) is 2. The van der Waals surface area contributed by atoms with E-state index in [0.29, 0.717) is 36.6 Å². The van der Waals surface area contributed by atoms with Gasteiger partial charge in [-0.15, -0.1) is 0 Å². The number of nitrogens with one attached hydrogen (secondary N) is 1. The van der Waals surface area contributed by atoms with E-state index in [-0.39, 0.29) is 17.9 Å². The highest BCUT2D eigenvalue weighted by Crippen LogP contribution is 2.23. The second-order valence-corrected chi connectivity index (χ2v) is 7.44. The Balaban J connectivity index is 2.84. The van der Waals surface area contributed by atoms with E-state index in [2.05, 4.69) is 46.9 Å². The number of carbonyl (C=O) groups excluding carboxylic acids is 2. The molecule has 1 rings (SSSR count). The van der Waals surface area contributed by atoms with E-state index in [0.717, 1.165) is 13.0 Å². The van der Waals surface area contributed by atoms with Crippen molar-refractivity contribution >= 4 is 11.8 Å². The lowest BCUT2D eigenvalue weighted by atomic mass is 9.85. The standard InChI is InChI=1S/C17H32N2O2/c1-11(2)9-15-17(21)19(8-7-16(20)18-15)10-14(12(3)4)13(5)6/h11-15H,7-10H2,1-6H3,(H,18,20). The van der Waals surface area contributed by atoms with Crippen molar-refractivity contribution < 1.29 is 9.59 Å². The van der Waals surface area contributed by atoms with Crippen LogP contribution in [0.3, 0.4) is 0 Å². The summed E-state index contributed by atoms with van der Waals surface area (Å²) >= 11 is 0. The zero-order valence-corrected chi connectivity index (χ0v) is 14.5. The number of rotatable bonds is 6. The van der Waals surface area contributed by atoms with Crippen LogP contribution >= 0.6 is 0 Å². The normalized spacial score (nSPS) is 20.7. The van der Waals surface area contributed by atoms with Gasteiger partial charge in [0, 0.05) is 19.5 Å². The van der Waals surface area contributed by atoms with Gasteiger partial charge in [-0.1, -0.05) is 41.5 Å². The van der Waals surface area contributed by atoms with Gasteiger partial charge in [0.05, 0.1) is 0 Å². The van der Waals surface area contributed by atoms with Crippen LogP contribution in [-0.2, 0) is 9.59 Å². The molecule has 0 spiro atoms. The number of hydrogen-bond donors (Lipinski definition) is 1. The average Bonchev–Trinajstić information content (AvgIpc) is 2.47. The molecule has 21 heavy (non-hydrogen) atoms. The van der Waals surface area contributed by atoms with Crippen molar-refractivity contribution in [2.75, 3.05) is 13.1 Å². The molecule has 4 nitrogen and oxygen atoms in total. The molecular weight excluding hydrogens is 264 g/mol. The van der Waals surface area contributed by atoms with E-state index < -0.39 is 0 Å². The summed E-state index contributed by atoms with van der Waals surface area (Å²) in [6, 6.07) is -0.347. The SMILES string of the molecule is CC(C)CC1NC(=O)CCN(CC(C(C)C)C(C)C)C1=O. The molecule has 0 aromatic heterocycles. The number of nitrogens with zero attached hydrogens (tertiary/aromatic N) is 1. The van der Waals surface area contributed by atoms with E-state index in [1.165, 1.54) is 0 Å². The molecule has 2 amide bonds. The first-order chi connectivity index (χ1) is 9.72. The molecule has 0 aromatic carbocycles. The summed E-state index contributed by atoms with van der Waals surface area (Å²) in [6.07, 6.45) is 1.14. The highest BCUT2D eigenvalue weighted by molar-refractivity contribution is 5.89. The highest BCUT2D eigenvalue weighted by Gasteiger charge is 2.32. The maximum Gasteiger partial charge on any atom is 0.245 e. The van der Waals surface area contributed by atoms with Crippen LogP contribution in [0.4, 0.5) is 0 Å². The van der Waals surface area contributed by atoms with Crippen LogP contribution in [0.1, 0.15) is 54.4 Å². The van der Waals surface area contributed by atoms with Crippen LogP contribution in [0.15, 0.2) is 0 Å². The number of carbonyl (C=O) groups is 2.